The zero-order chi connectivity index (χ0) is 36.4. The number of ether oxygens (including phenoxy) is 1. The zero-order valence-corrected chi connectivity index (χ0v) is 30.6. The predicted molar refractivity (Wildman–Crippen MR) is 203 cm³/mol. The number of sulfonamides is 1. The zero-order valence-electron chi connectivity index (χ0n) is 28.3. The predicted octanol–water partition coefficient (Wildman–Crippen LogP) is 8.54. The van der Waals surface area contributed by atoms with Crippen molar-refractivity contribution in [2.45, 2.75) is 50.2 Å². The third-order valence-corrected chi connectivity index (χ3v) is 10.7. The molecule has 264 valence electrons. The molecular formula is C40H39Cl2N3O5S. The van der Waals surface area contributed by atoms with Gasteiger partial charge in [-0.1, -0.05) is 103 Å². The van der Waals surface area contributed by atoms with E-state index in [0.717, 1.165) is 9.87 Å². The molecule has 0 unspecified atom stereocenters. The molecule has 0 saturated carbocycles. The molecule has 5 aromatic carbocycles. The summed E-state index contributed by atoms with van der Waals surface area (Å²) in [6.45, 7) is 3.15. The number of rotatable bonds is 15. The van der Waals surface area contributed by atoms with Gasteiger partial charge in [0.05, 0.1) is 10.6 Å². The summed E-state index contributed by atoms with van der Waals surface area (Å²) in [4.78, 5) is 30.2. The van der Waals surface area contributed by atoms with Crippen LogP contribution in [0.15, 0.2) is 138 Å². The Balaban J connectivity index is 1.57. The molecule has 0 spiro atoms. The second-order valence-electron chi connectivity index (χ2n) is 12.0. The summed E-state index contributed by atoms with van der Waals surface area (Å²) >= 11 is 12.8. The van der Waals surface area contributed by atoms with Crippen molar-refractivity contribution in [1.82, 2.24) is 10.2 Å². The van der Waals surface area contributed by atoms with E-state index >= 15 is 0 Å². The van der Waals surface area contributed by atoms with E-state index in [2.05, 4.69) is 5.32 Å². The van der Waals surface area contributed by atoms with Gasteiger partial charge >= 0.3 is 0 Å². The number of nitrogens with zero attached hydrogens (tertiary/aromatic N) is 2. The van der Waals surface area contributed by atoms with Crippen LogP contribution in [0.4, 0.5) is 5.69 Å². The first kappa shape index (κ1) is 37.4. The second kappa shape index (κ2) is 17.4. The lowest BCUT2D eigenvalue weighted by Gasteiger charge is -2.34. The van der Waals surface area contributed by atoms with Gasteiger partial charge in [0.2, 0.25) is 11.8 Å². The SMILES string of the molecule is CC[C@H](C)NC(=O)[C@@H](Cc1ccccc1)N(Cc1ccc(Cl)cc1Cl)C(=O)CN(c1ccc(Oc2ccccc2)cc1)S(=O)(=O)c1ccccc1. The highest BCUT2D eigenvalue weighted by molar-refractivity contribution is 7.92. The molecule has 0 aliphatic carbocycles. The van der Waals surface area contributed by atoms with Crippen LogP contribution in [0.5, 0.6) is 11.5 Å². The number of benzene rings is 5. The summed E-state index contributed by atoms with van der Waals surface area (Å²) in [6.07, 6.45) is 0.852. The van der Waals surface area contributed by atoms with Crippen molar-refractivity contribution in [1.29, 1.82) is 0 Å². The maximum absolute atomic E-state index is 14.7. The van der Waals surface area contributed by atoms with Crippen molar-refractivity contribution in [3.8, 4) is 11.5 Å². The fourth-order valence-corrected chi connectivity index (χ4v) is 7.29. The Bertz CT molecular complexity index is 2020. The van der Waals surface area contributed by atoms with Crippen LogP contribution in [0.25, 0.3) is 0 Å². The van der Waals surface area contributed by atoms with Gasteiger partial charge in [0.15, 0.2) is 0 Å². The smallest absolute Gasteiger partial charge is 0.264 e. The van der Waals surface area contributed by atoms with Gasteiger partial charge in [-0.15, -0.1) is 0 Å². The molecule has 0 aliphatic rings. The number of carbonyl (C=O) groups excluding carboxylic acids is 2. The van der Waals surface area contributed by atoms with Gasteiger partial charge in [-0.2, -0.15) is 0 Å². The van der Waals surface area contributed by atoms with Gasteiger partial charge in [-0.3, -0.25) is 13.9 Å². The van der Waals surface area contributed by atoms with E-state index in [0.29, 0.717) is 33.5 Å². The highest BCUT2D eigenvalue weighted by Gasteiger charge is 2.35. The van der Waals surface area contributed by atoms with Crippen molar-refractivity contribution in [3.63, 3.8) is 0 Å². The van der Waals surface area contributed by atoms with E-state index in [1.54, 1.807) is 60.7 Å². The summed E-state index contributed by atoms with van der Waals surface area (Å²) in [5, 5.41) is 3.75. The van der Waals surface area contributed by atoms with Crippen LogP contribution in [-0.4, -0.2) is 43.8 Å². The van der Waals surface area contributed by atoms with Crippen LogP contribution in [0.1, 0.15) is 31.4 Å². The second-order valence-corrected chi connectivity index (χ2v) is 14.7. The molecule has 11 heteroatoms. The Kier molecular flexibility index (Phi) is 12.8. The van der Waals surface area contributed by atoms with Crippen molar-refractivity contribution in [2.24, 2.45) is 0 Å². The number of halogens is 2. The quantitative estimate of drug-likeness (QED) is 0.116. The first-order valence-corrected chi connectivity index (χ1v) is 18.7. The molecule has 8 nitrogen and oxygen atoms in total. The van der Waals surface area contributed by atoms with Gasteiger partial charge < -0.3 is 15.0 Å². The molecule has 5 aromatic rings. The Labute approximate surface area is 309 Å². The minimum atomic E-state index is -4.27. The molecule has 0 radical (unpaired) electrons. The molecule has 2 atom stereocenters. The number of anilines is 1. The van der Waals surface area contributed by atoms with Crippen molar-refractivity contribution >= 4 is 50.7 Å². The van der Waals surface area contributed by atoms with Crippen molar-refractivity contribution in [2.75, 3.05) is 10.8 Å². The minimum Gasteiger partial charge on any atom is -0.457 e. The summed E-state index contributed by atoms with van der Waals surface area (Å²) in [5.74, 6) is 0.125. The average molecular weight is 745 g/mol. The molecule has 0 fully saturated rings. The van der Waals surface area contributed by atoms with E-state index in [1.165, 1.54) is 17.0 Å². The standard InChI is InChI=1S/C40H39Cl2N3O5S/c1-3-29(2)43-40(47)38(25-30-13-7-4-8-14-30)44(27-31-19-20-32(41)26-37(31)42)39(46)28-45(51(48,49)36-17-11-6-12-18-36)33-21-23-35(24-22-33)50-34-15-9-5-10-16-34/h4-24,26,29,38H,3,25,27-28H2,1-2H3,(H,43,47)/t29-,38+/m0/s1. The molecule has 5 rings (SSSR count). The topological polar surface area (TPSA) is 96.0 Å². The Morgan fingerprint density at radius 2 is 1.37 bits per heavy atom. The van der Waals surface area contributed by atoms with Crippen LogP contribution in [0, 0.1) is 0 Å². The molecular weight excluding hydrogens is 705 g/mol. The van der Waals surface area contributed by atoms with E-state index in [4.69, 9.17) is 27.9 Å². The van der Waals surface area contributed by atoms with E-state index < -0.39 is 28.5 Å². The van der Waals surface area contributed by atoms with E-state index in [-0.39, 0.29) is 35.5 Å². The van der Waals surface area contributed by atoms with Gasteiger partial charge in [0, 0.05) is 29.1 Å². The normalized spacial score (nSPS) is 12.4. The number of hydrogen-bond acceptors (Lipinski definition) is 5. The Morgan fingerprint density at radius 3 is 1.98 bits per heavy atom. The van der Waals surface area contributed by atoms with Crippen LogP contribution in [0.2, 0.25) is 10.0 Å². The van der Waals surface area contributed by atoms with Crippen molar-refractivity contribution in [3.05, 3.63) is 155 Å². The molecule has 2 amide bonds. The van der Waals surface area contributed by atoms with Gasteiger partial charge in [0.25, 0.3) is 10.0 Å². The molecule has 0 aromatic heterocycles. The third-order valence-electron chi connectivity index (χ3n) is 8.34. The summed E-state index contributed by atoms with van der Waals surface area (Å²) in [7, 11) is -4.27. The minimum absolute atomic E-state index is 0.00468. The molecule has 51 heavy (non-hydrogen) atoms. The summed E-state index contributed by atoms with van der Waals surface area (Å²) in [6, 6.07) is 36.6. The number of para-hydroxylation sites is 1. The van der Waals surface area contributed by atoms with Gasteiger partial charge in [-0.25, -0.2) is 8.42 Å². The fraction of sp³-hybridized carbons (Fsp3) is 0.200. The largest absolute Gasteiger partial charge is 0.457 e. The van der Waals surface area contributed by atoms with Crippen LogP contribution in [0.3, 0.4) is 0 Å². The molecule has 0 heterocycles. The van der Waals surface area contributed by atoms with Gasteiger partial charge in [-0.05, 0) is 85.1 Å². The Morgan fingerprint density at radius 1 is 0.784 bits per heavy atom. The molecule has 1 N–H and O–H groups in total. The maximum atomic E-state index is 14.7. The molecule has 0 bridgehead atoms. The number of hydrogen-bond donors (Lipinski definition) is 1. The van der Waals surface area contributed by atoms with E-state index in [1.807, 2.05) is 74.5 Å². The van der Waals surface area contributed by atoms with E-state index in [9.17, 15) is 18.0 Å². The first-order valence-electron chi connectivity index (χ1n) is 16.5. The number of amides is 2. The summed E-state index contributed by atoms with van der Waals surface area (Å²) in [5.41, 5.74) is 1.61. The fourth-order valence-electron chi connectivity index (χ4n) is 5.38. The lowest BCUT2D eigenvalue weighted by Crippen LogP contribution is -2.54. The highest BCUT2D eigenvalue weighted by atomic mass is 35.5. The number of nitrogens with one attached hydrogen (secondary N) is 1. The summed E-state index contributed by atoms with van der Waals surface area (Å²) < 4.78 is 35.6. The lowest BCUT2D eigenvalue weighted by atomic mass is 10.0. The lowest BCUT2D eigenvalue weighted by molar-refractivity contribution is -0.140. The first-order chi connectivity index (χ1) is 24.5. The molecule has 0 saturated heterocycles. The number of carbonyl (C=O) groups is 2. The maximum Gasteiger partial charge on any atom is 0.264 e. The Hall–Kier alpha value is -4.83. The molecule has 0 aliphatic heterocycles. The average Bonchev–Trinajstić information content (AvgIpc) is 3.14. The third kappa shape index (κ3) is 9.91. The van der Waals surface area contributed by atoms with Gasteiger partial charge in [0.1, 0.15) is 24.1 Å². The van der Waals surface area contributed by atoms with Crippen molar-refractivity contribution < 1.29 is 22.7 Å². The monoisotopic (exact) mass is 743 g/mol. The van der Waals surface area contributed by atoms with Crippen LogP contribution in [-0.2, 0) is 32.6 Å². The van der Waals surface area contributed by atoms with Crippen LogP contribution >= 0.6 is 23.2 Å². The van der Waals surface area contributed by atoms with Crippen LogP contribution < -0.4 is 14.4 Å². The highest BCUT2D eigenvalue weighted by Crippen LogP contribution is 2.30.